The van der Waals surface area contributed by atoms with Gasteiger partial charge in [0.1, 0.15) is 0 Å². The fourth-order valence-electron chi connectivity index (χ4n) is 4.01. The van der Waals surface area contributed by atoms with Gasteiger partial charge in [0.2, 0.25) is 0 Å². The molecule has 2 saturated heterocycles. The van der Waals surface area contributed by atoms with Crippen LogP contribution in [0.5, 0.6) is 0 Å². The van der Waals surface area contributed by atoms with Crippen LogP contribution in [0.25, 0.3) is 11.0 Å². The first kappa shape index (κ1) is 18.1. The first-order chi connectivity index (χ1) is 14.3. The second-order valence-corrected chi connectivity index (χ2v) is 7.56. The van der Waals surface area contributed by atoms with Gasteiger partial charge in [-0.15, -0.1) is 0 Å². The highest BCUT2D eigenvalue weighted by atomic mass is 16.5. The zero-order chi connectivity index (χ0) is 19.6. The maximum Gasteiger partial charge on any atom is 0.277 e. The van der Waals surface area contributed by atoms with E-state index in [0.29, 0.717) is 11.5 Å². The number of ether oxygens (including phenoxy) is 1. The minimum atomic E-state index is -0.263. The van der Waals surface area contributed by atoms with Gasteiger partial charge in [0.05, 0.1) is 17.1 Å². The van der Waals surface area contributed by atoms with E-state index in [-0.39, 0.29) is 11.9 Å². The fourth-order valence-corrected chi connectivity index (χ4v) is 4.01. The Labute approximate surface area is 168 Å². The molecule has 29 heavy (non-hydrogen) atoms. The molecule has 0 radical (unpaired) electrons. The van der Waals surface area contributed by atoms with Gasteiger partial charge in [0, 0.05) is 32.5 Å². The first-order valence-electron chi connectivity index (χ1n) is 10.2. The third-order valence-corrected chi connectivity index (χ3v) is 5.60. The molecule has 8 nitrogen and oxygen atoms in total. The lowest BCUT2D eigenvalue weighted by Gasteiger charge is -2.22. The summed E-state index contributed by atoms with van der Waals surface area (Å²) in [6.45, 7) is 3.32. The number of amides is 1. The Bertz CT molecular complexity index is 1020. The van der Waals surface area contributed by atoms with E-state index >= 15 is 0 Å². The summed E-state index contributed by atoms with van der Waals surface area (Å²) in [4.78, 5) is 24.6. The van der Waals surface area contributed by atoms with E-state index in [2.05, 4.69) is 15.3 Å². The second kappa shape index (κ2) is 7.79. The molecule has 150 valence electrons. The molecule has 4 heterocycles. The molecule has 2 aliphatic rings. The van der Waals surface area contributed by atoms with E-state index in [1.807, 2.05) is 35.1 Å². The Kier molecular flexibility index (Phi) is 4.85. The normalized spacial score (nSPS) is 17.7. The molecule has 1 amide bonds. The Morgan fingerprint density at radius 3 is 2.52 bits per heavy atom. The highest BCUT2D eigenvalue weighted by Gasteiger charge is 2.23. The van der Waals surface area contributed by atoms with Crippen LogP contribution in [0.2, 0.25) is 0 Å². The van der Waals surface area contributed by atoms with Crippen LogP contribution in [-0.4, -0.2) is 52.0 Å². The summed E-state index contributed by atoms with van der Waals surface area (Å²) in [6, 6.07) is 9.77. The van der Waals surface area contributed by atoms with Crippen molar-refractivity contribution in [2.24, 2.45) is 0 Å². The quantitative estimate of drug-likeness (QED) is 0.735. The summed E-state index contributed by atoms with van der Waals surface area (Å²) in [5.41, 5.74) is 1.98. The predicted molar refractivity (Wildman–Crippen MR) is 110 cm³/mol. The Morgan fingerprint density at radius 1 is 1.03 bits per heavy atom. The predicted octanol–water partition coefficient (Wildman–Crippen LogP) is 3.03. The molecular formula is C21H24N6O2. The number of nitrogens with zero attached hydrogens (tertiary/aromatic N) is 5. The summed E-state index contributed by atoms with van der Waals surface area (Å²) in [6.07, 6.45) is 5.95. The van der Waals surface area contributed by atoms with Crippen LogP contribution >= 0.6 is 0 Å². The number of rotatable bonds is 4. The van der Waals surface area contributed by atoms with Crippen molar-refractivity contribution < 1.29 is 9.53 Å². The summed E-state index contributed by atoms with van der Waals surface area (Å²) in [5.74, 6) is 0.968. The van der Waals surface area contributed by atoms with Crippen molar-refractivity contribution in [3.63, 3.8) is 0 Å². The van der Waals surface area contributed by atoms with Gasteiger partial charge in [-0.25, -0.2) is 9.97 Å². The van der Waals surface area contributed by atoms with Crippen molar-refractivity contribution >= 4 is 28.6 Å². The lowest BCUT2D eigenvalue weighted by atomic mass is 10.1. The summed E-state index contributed by atoms with van der Waals surface area (Å²) >= 11 is 0. The molecule has 0 atom stereocenters. The van der Waals surface area contributed by atoms with Crippen molar-refractivity contribution in [3.05, 3.63) is 42.2 Å². The topological polar surface area (TPSA) is 85.2 Å². The highest BCUT2D eigenvalue weighted by Crippen LogP contribution is 2.28. The van der Waals surface area contributed by atoms with Crippen LogP contribution in [0, 0.1) is 0 Å². The highest BCUT2D eigenvalue weighted by molar-refractivity contribution is 6.04. The van der Waals surface area contributed by atoms with Crippen LogP contribution in [-0.2, 0) is 4.74 Å². The average Bonchev–Trinajstić information content (AvgIpc) is 3.46. The molecule has 0 unspecified atom stereocenters. The fraction of sp³-hybridized carbons (Fsp3) is 0.429. The van der Waals surface area contributed by atoms with Gasteiger partial charge >= 0.3 is 0 Å². The minimum absolute atomic E-state index is 0.263. The number of aromatic nitrogens is 4. The second-order valence-electron chi connectivity index (χ2n) is 7.56. The van der Waals surface area contributed by atoms with Crippen molar-refractivity contribution in [1.29, 1.82) is 0 Å². The van der Waals surface area contributed by atoms with Crippen molar-refractivity contribution in [2.75, 3.05) is 36.5 Å². The van der Waals surface area contributed by atoms with Gasteiger partial charge in [-0.2, -0.15) is 5.10 Å². The monoisotopic (exact) mass is 392 g/mol. The van der Waals surface area contributed by atoms with Gasteiger partial charge in [-0.1, -0.05) is 12.1 Å². The van der Waals surface area contributed by atoms with Gasteiger partial charge in [0.25, 0.3) is 5.91 Å². The van der Waals surface area contributed by atoms with Crippen molar-refractivity contribution in [2.45, 2.75) is 31.7 Å². The molecule has 2 aromatic heterocycles. The molecule has 1 N–H and O–H groups in total. The summed E-state index contributed by atoms with van der Waals surface area (Å²) in [5, 5.41) is 7.46. The van der Waals surface area contributed by atoms with E-state index in [0.717, 1.165) is 68.8 Å². The van der Waals surface area contributed by atoms with E-state index in [1.54, 1.807) is 6.07 Å². The molecule has 1 aromatic carbocycles. The van der Waals surface area contributed by atoms with E-state index < -0.39 is 0 Å². The lowest BCUT2D eigenvalue weighted by molar-refractivity contribution is 0.0661. The molecule has 0 spiro atoms. The number of carbonyl (C=O) groups excluding carboxylic acids is 1. The molecule has 0 saturated carbocycles. The van der Waals surface area contributed by atoms with Gasteiger partial charge < -0.3 is 15.0 Å². The summed E-state index contributed by atoms with van der Waals surface area (Å²) in [7, 11) is 0. The Hall–Kier alpha value is -3.00. The number of para-hydroxylation sites is 2. The average molecular weight is 392 g/mol. The lowest BCUT2D eigenvalue weighted by Crippen LogP contribution is -2.24. The standard InChI is InChI=1S/C21H24N6O2/c28-21(18-7-12-27(25-18)15-8-13-29-14-9-15)24-19-20(26-10-3-4-11-26)23-17-6-2-1-5-16(17)22-19/h1-2,5-7,12,15H,3-4,8-11,13-14H2,(H,22,24,28). The molecule has 0 bridgehead atoms. The maximum absolute atomic E-state index is 12.9. The van der Waals surface area contributed by atoms with Gasteiger partial charge in [-0.3, -0.25) is 9.48 Å². The van der Waals surface area contributed by atoms with Crippen LogP contribution in [0.3, 0.4) is 0 Å². The van der Waals surface area contributed by atoms with E-state index in [1.165, 1.54) is 0 Å². The third kappa shape index (κ3) is 3.67. The number of hydrogen-bond donors (Lipinski definition) is 1. The third-order valence-electron chi connectivity index (χ3n) is 5.60. The van der Waals surface area contributed by atoms with Gasteiger partial charge in [0.15, 0.2) is 17.3 Å². The van der Waals surface area contributed by atoms with Gasteiger partial charge in [-0.05, 0) is 43.9 Å². The van der Waals surface area contributed by atoms with Crippen molar-refractivity contribution in [1.82, 2.24) is 19.7 Å². The van der Waals surface area contributed by atoms with Crippen LogP contribution in [0.1, 0.15) is 42.2 Å². The summed E-state index contributed by atoms with van der Waals surface area (Å²) < 4.78 is 7.29. The number of hydrogen-bond acceptors (Lipinski definition) is 6. The molecular weight excluding hydrogens is 368 g/mol. The number of carbonyl (C=O) groups is 1. The molecule has 2 aliphatic heterocycles. The van der Waals surface area contributed by atoms with Crippen LogP contribution < -0.4 is 10.2 Å². The zero-order valence-electron chi connectivity index (χ0n) is 16.3. The SMILES string of the molecule is O=C(Nc1nc2ccccc2nc1N1CCCC1)c1ccn(C2CCOCC2)n1. The number of benzene rings is 1. The molecule has 2 fully saturated rings. The van der Waals surface area contributed by atoms with Crippen LogP contribution in [0.15, 0.2) is 36.5 Å². The molecule has 3 aromatic rings. The Balaban J connectivity index is 1.42. The number of anilines is 2. The minimum Gasteiger partial charge on any atom is -0.381 e. The molecule has 5 rings (SSSR count). The van der Waals surface area contributed by atoms with Crippen molar-refractivity contribution in [3.8, 4) is 0 Å². The smallest absolute Gasteiger partial charge is 0.277 e. The van der Waals surface area contributed by atoms with Crippen LogP contribution in [0.4, 0.5) is 11.6 Å². The van der Waals surface area contributed by atoms with E-state index in [4.69, 9.17) is 14.7 Å². The number of nitrogens with one attached hydrogen (secondary N) is 1. The first-order valence-corrected chi connectivity index (χ1v) is 10.2. The molecule has 8 heteroatoms. The number of fused-ring (bicyclic) bond motifs is 1. The zero-order valence-corrected chi connectivity index (χ0v) is 16.3. The maximum atomic E-state index is 12.9. The van der Waals surface area contributed by atoms with E-state index in [9.17, 15) is 4.79 Å². The Morgan fingerprint density at radius 2 is 1.76 bits per heavy atom. The largest absolute Gasteiger partial charge is 0.381 e. The molecule has 0 aliphatic carbocycles.